The van der Waals surface area contributed by atoms with Gasteiger partial charge in [-0.1, -0.05) is 6.42 Å². The fourth-order valence-electron chi connectivity index (χ4n) is 1.81. The lowest BCUT2D eigenvalue weighted by molar-refractivity contribution is -0.121. The molecule has 2 amide bonds. The van der Waals surface area contributed by atoms with Crippen LogP contribution in [0.1, 0.15) is 38.5 Å². The molecule has 2 unspecified atom stereocenters. The predicted molar refractivity (Wildman–Crippen MR) is 96.2 cm³/mol. The van der Waals surface area contributed by atoms with Crippen LogP contribution in [0.3, 0.4) is 0 Å². The van der Waals surface area contributed by atoms with Crippen LogP contribution in [0, 0.1) is 5.92 Å². The maximum Gasteiger partial charge on any atom is 0.471 e. The van der Waals surface area contributed by atoms with E-state index >= 15 is 0 Å². The van der Waals surface area contributed by atoms with Crippen LogP contribution in [-0.4, -0.2) is 48.7 Å². The van der Waals surface area contributed by atoms with Gasteiger partial charge in [-0.05, 0) is 19.3 Å². The molecule has 142 valence electrons. The van der Waals surface area contributed by atoms with Gasteiger partial charge in [-0.15, -0.1) is 0 Å². The Labute approximate surface area is 156 Å². The van der Waals surface area contributed by atoms with Crippen molar-refractivity contribution in [3.05, 3.63) is 0 Å². The molecule has 0 saturated carbocycles. The van der Waals surface area contributed by atoms with Crippen LogP contribution in [0.25, 0.3) is 0 Å². The lowest BCUT2D eigenvalue weighted by atomic mass is 10.0. The van der Waals surface area contributed by atoms with E-state index in [-0.39, 0.29) is 30.9 Å². The molecule has 0 aromatic heterocycles. The smallest absolute Gasteiger partial charge is 0.396 e. The van der Waals surface area contributed by atoms with Crippen molar-refractivity contribution in [2.75, 3.05) is 26.9 Å². The summed E-state index contributed by atoms with van der Waals surface area (Å²) in [7, 11) is -2.94. The summed E-state index contributed by atoms with van der Waals surface area (Å²) in [4.78, 5) is 31.6. The second-order valence-electron chi connectivity index (χ2n) is 5.21. The van der Waals surface area contributed by atoms with E-state index in [0.717, 1.165) is 20.0 Å². The second kappa shape index (κ2) is 14.0. The highest BCUT2D eigenvalue weighted by molar-refractivity contribution is 14.1. The Hall–Kier alpha value is -0.260. The van der Waals surface area contributed by atoms with E-state index in [2.05, 4.69) is 13.4 Å². The van der Waals surface area contributed by atoms with E-state index in [9.17, 15) is 19.3 Å². The first-order valence-corrected chi connectivity index (χ1v) is 10.2. The number of hydrogen-bond acceptors (Lipinski definition) is 6. The number of aliphatic hydroxyl groups is 1. The van der Waals surface area contributed by atoms with Gasteiger partial charge in [0.25, 0.3) is 0 Å². The minimum absolute atomic E-state index is 0.0661. The number of phosphoric ester groups is 1. The fourth-order valence-corrected chi connectivity index (χ4v) is 2.58. The van der Waals surface area contributed by atoms with Gasteiger partial charge in [0.1, 0.15) is 0 Å². The molecule has 11 heteroatoms. The van der Waals surface area contributed by atoms with Gasteiger partial charge >= 0.3 is 7.82 Å². The number of nitrogens with one attached hydrogen (secondary N) is 2. The minimum Gasteiger partial charge on any atom is -0.396 e. The van der Waals surface area contributed by atoms with Crippen molar-refractivity contribution in [3.63, 3.8) is 0 Å². The third-order valence-electron chi connectivity index (χ3n) is 3.24. The van der Waals surface area contributed by atoms with E-state index in [1.807, 2.05) is 0 Å². The standard InChI is InChI=1S/C13H26IN2O7P/c1-22-24(20,21)23-10-11(9-17)5-2-3-8-15-12(18)6-4-7-13(19)16-14/h11,17H,2-10H2,1H3,(H,15,18)(H,16,19)(H,20,21). The molecular weight excluding hydrogens is 454 g/mol. The van der Waals surface area contributed by atoms with Gasteiger partial charge in [0.15, 0.2) is 0 Å². The fraction of sp³-hybridized carbons (Fsp3) is 0.846. The van der Waals surface area contributed by atoms with Crippen LogP contribution in [-0.2, 0) is 23.2 Å². The number of aliphatic hydroxyl groups excluding tert-OH is 1. The van der Waals surface area contributed by atoms with Crippen LogP contribution in [0.15, 0.2) is 0 Å². The van der Waals surface area contributed by atoms with E-state index in [0.29, 0.717) is 32.2 Å². The molecule has 0 bridgehead atoms. The molecule has 0 radical (unpaired) electrons. The van der Waals surface area contributed by atoms with Gasteiger partial charge in [0, 0.05) is 39.0 Å². The van der Waals surface area contributed by atoms with Crippen molar-refractivity contribution in [2.24, 2.45) is 5.92 Å². The van der Waals surface area contributed by atoms with Crippen LogP contribution in [0.4, 0.5) is 0 Å². The first-order valence-electron chi connectivity index (χ1n) is 7.64. The molecule has 2 atom stereocenters. The van der Waals surface area contributed by atoms with Crippen LogP contribution < -0.4 is 8.85 Å². The first-order chi connectivity index (χ1) is 11.3. The highest BCUT2D eigenvalue weighted by Crippen LogP contribution is 2.42. The van der Waals surface area contributed by atoms with Crippen LogP contribution in [0.2, 0.25) is 0 Å². The summed E-state index contributed by atoms with van der Waals surface area (Å²) in [5, 5.41) is 12.0. The van der Waals surface area contributed by atoms with E-state index in [1.54, 1.807) is 22.9 Å². The molecule has 0 spiro atoms. The number of phosphoric acid groups is 1. The number of carbonyl (C=O) groups excluding carboxylic acids is 2. The SMILES string of the molecule is COP(=O)(O)OCC(CO)CCCCNC(=O)CCCC(=O)NI. The molecule has 0 rings (SSSR count). The Morgan fingerprint density at radius 2 is 1.88 bits per heavy atom. The third-order valence-corrected chi connectivity index (χ3v) is 4.78. The Balaban J connectivity index is 3.70. The summed E-state index contributed by atoms with van der Waals surface area (Å²) >= 11 is 1.76. The zero-order chi connectivity index (χ0) is 18.4. The predicted octanol–water partition coefficient (Wildman–Crippen LogP) is 1.28. The van der Waals surface area contributed by atoms with Crippen molar-refractivity contribution < 1.29 is 33.2 Å². The molecule has 0 heterocycles. The maximum absolute atomic E-state index is 11.5. The number of unbranched alkanes of at least 4 members (excludes halogenated alkanes) is 1. The Morgan fingerprint density at radius 1 is 1.21 bits per heavy atom. The van der Waals surface area contributed by atoms with Crippen LogP contribution in [0.5, 0.6) is 0 Å². The van der Waals surface area contributed by atoms with Gasteiger partial charge in [-0.25, -0.2) is 4.57 Å². The molecule has 0 aliphatic heterocycles. The molecular formula is C13H26IN2O7P. The summed E-state index contributed by atoms with van der Waals surface area (Å²) in [6.07, 6.45) is 3.19. The average molecular weight is 480 g/mol. The summed E-state index contributed by atoms with van der Waals surface area (Å²) < 4.78 is 22.6. The lowest BCUT2D eigenvalue weighted by Crippen LogP contribution is -2.25. The second-order valence-corrected chi connectivity index (χ2v) is 7.31. The van der Waals surface area contributed by atoms with Crippen molar-refractivity contribution >= 4 is 42.5 Å². The van der Waals surface area contributed by atoms with E-state index < -0.39 is 7.82 Å². The van der Waals surface area contributed by atoms with Crippen molar-refractivity contribution in [2.45, 2.75) is 38.5 Å². The molecule has 0 aliphatic rings. The summed E-state index contributed by atoms with van der Waals surface area (Å²) in [5.74, 6) is -0.454. The summed E-state index contributed by atoms with van der Waals surface area (Å²) in [6, 6.07) is 0. The van der Waals surface area contributed by atoms with E-state index in [1.165, 1.54) is 0 Å². The number of amides is 2. The molecule has 4 N–H and O–H groups in total. The first kappa shape index (κ1) is 23.7. The molecule has 9 nitrogen and oxygen atoms in total. The summed E-state index contributed by atoms with van der Waals surface area (Å²) in [5.41, 5.74) is 0. The van der Waals surface area contributed by atoms with Gasteiger partial charge in [-0.2, -0.15) is 0 Å². The monoisotopic (exact) mass is 480 g/mol. The number of hydrogen-bond donors (Lipinski definition) is 4. The Morgan fingerprint density at radius 3 is 2.46 bits per heavy atom. The topological polar surface area (TPSA) is 134 Å². The number of rotatable bonds is 14. The normalized spacial score (nSPS) is 14.7. The molecule has 0 aromatic carbocycles. The van der Waals surface area contributed by atoms with Gasteiger partial charge < -0.3 is 15.3 Å². The zero-order valence-corrected chi connectivity index (χ0v) is 16.8. The highest BCUT2D eigenvalue weighted by Gasteiger charge is 2.20. The molecule has 0 saturated heterocycles. The van der Waals surface area contributed by atoms with Gasteiger partial charge in [-0.3, -0.25) is 22.2 Å². The van der Waals surface area contributed by atoms with Gasteiger partial charge in [0.05, 0.1) is 29.5 Å². The van der Waals surface area contributed by atoms with Crippen molar-refractivity contribution in [1.82, 2.24) is 8.85 Å². The maximum atomic E-state index is 11.5. The number of carbonyl (C=O) groups is 2. The molecule has 24 heavy (non-hydrogen) atoms. The highest BCUT2D eigenvalue weighted by atomic mass is 127. The number of halogens is 1. The quantitative estimate of drug-likeness (QED) is 0.127. The largest absolute Gasteiger partial charge is 0.471 e. The lowest BCUT2D eigenvalue weighted by Gasteiger charge is -2.16. The average Bonchev–Trinajstić information content (AvgIpc) is 2.57. The van der Waals surface area contributed by atoms with Crippen molar-refractivity contribution in [1.29, 1.82) is 0 Å². The van der Waals surface area contributed by atoms with Gasteiger partial charge in [0.2, 0.25) is 11.8 Å². The molecule has 0 fully saturated rings. The zero-order valence-electron chi connectivity index (χ0n) is 13.7. The third kappa shape index (κ3) is 13.1. The van der Waals surface area contributed by atoms with Crippen LogP contribution >= 0.6 is 30.7 Å². The molecule has 0 aromatic rings. The Kier molecular flexibility index (Phi) is 13.8. The van der Waals surface area contributed by atoms with E-state index in [4.69, 9.17) is 9.42 Å². The molecule has 0 aliphatic carbocycles. The summed E-state index contributed by atoms with van der Waals surface area (Å²) in [6.45, 7) is 0.283. The Bertz CT molecular complexity index is 425. The van der Waals surface area contributed by atoms with Crippen molar-refractivity contribution in [3.8, 4) is 0 Å². The minimum atomic E-state index is -4.02.